The van der Waals surface area contributed by atoms with E-state index in [0.29, 0.717) is 5.41 Å². The lowest BCUT2D eigenvalue weighted by atomic mass is 9.61. The molecule has 1 saturated carbocycles. The molecule has 0 aliphatic heterocycles. The van der Waals surface area contributed by atoms with Gasteiger partial charge in [-0.2, -0.15) is 0 Å². The maximum atomic E-state index is 11.0. The monoisotopic (exact) mass is 211 g/mol. The van der Waals surface area contributed by atoms with E-state index < -0.39 is 0 Å². The topological polar surface area (TPSA) is 29.1 Å². The molecule has 2 atom stereocenters. The van der Waals surface area contributed by atoms with Crippen LogP contribution in [0.5, 0.6) is 0 Å². The van der Waals surface area contributed by atoms with Gasteiger partial charge in [0, 0.05) is 13.5 Å². The Bertz CT molecular complexity index is 247. The molecule has 0 aromatic rings. The minimum Gasteiger partial charge on any atom is -0.356 e. The molecule has 15 heavy (non-hydrogen) atoms. The van der Waals surface area contributed by atoms with E-state index in [0.717, 1.165) is 12.5 Å². The first-order chi connectivity index (χ1) is 6.72. The molecule has 0 spiro atoms. The largest absolute Gasteiger partial charge is 0.356 e. The fourth-order valence-corrected chi connectivity index (χ4v) is 3.63. The number of rotatable bonds is 2. The van der Waals surface area contributed by atoms with Gasteiger partial charge >= 0.3 is 0 Å². The smallest absolute Gasteiger partial charge is 0.216 e. The van der Waals surface area contributed by atoms with Gasteiger partial charge in [-0.05, 0) is 36.0 Å². The first-order valence-electron chi connectivity index (χ1n) is 5.97. The minimum absolute atomic E-state index is 0.0901. The summed E-state index contributed by atoms with van der Waals surface area (Å²) in [5.74, 6) is 0.861. The molecule has 0 radical (unpaired) electrons. The lowest BCUT2D eigenvalue weighted by molar-refractivity contribution is -0.119. The quantitative estimate of drug-likeness (QED) is 0.747. The van der Waals surface area contributed by atoms with Crippen LogP contribution in [-0.4, -0.2) is 12.5 Å². The number of nitrogens with one attached hydrogen (secondary N) is 1. The second-order valence-corrected chi connectivity index (χ2v) is 6.57. The van der Waals surface area contributed by atoms with E-state index in [9.17, 15) is 4.79 Å². The van der Waals surface area contributed by atoms with E-state index >= 15 is 0 Å². The highest BCUT2D eigenvalue weighted by Crippen LogP contribution is 2.48. The van der Waals surface area contributed by atoms with Gasteiger partial charge in [0.05, 0.1) is 0 Å². The van der Waals surface area contributed by atoms with Crippen molar-refractivity contribution in [2.45, 2.75) is 53.9 Å². The fourth-order valence-electron chi connectivity index (χ4n) is 3.63. The highest BCUT2D eigenvalue weighted by molar-refractivity contribution is 5.72. The van der Waals surface area contributed by atoms with Crippen molar-refractivity contribution in [3.05, 3.63) is 0 Å². The van der Waals surface area contributed by atoms with Gasteiger partial charge in [-0.25, -0.2) is 0 Å². The van der Waals surface area contributed by atoms with E-state index in [1.54, 1.807) is 6.92 Å². The Morgan fingerprint density at radius 1 is 1.33 bits per heavy atom. The molecule has 0 aromatic heterocycles. The van der Waals surface area contributed by atoms with Crippen LogP contribution in [0.3, 0.4) is 0 Å². The molecule has 0 bridgehead atoms. The van der Waals surface area contributed by atoms with Crippen LogP contribution in [0.15, 0.2) is 0 Å². The summed E-state index contributed by atoms with van der Waals surface area (Å²) in [6.07, 6.45) is 3.75. The van der Waals surface area contributed by atoms with Crippen LogP contribution in [0.4, 0.5) is 0 Å². The molecule has 1 aliphatic carbocycles. The van der Waals surface area contributed by atoms with Gasteiger partial charge in [-0.3, -0.25) is 4.79 Å². The summed E-state index contributed by atoms with van der Waals surface area (Å²) in [6, 6.07) is 0. The molecule has 1 fully saturated rings. The van der Waals surface area contributed by atoms with Gasteiger partial charge in [0.1, 0.15) is 0 Å². The zero-order valence-corrected chi connectivity index (χ0v) is 10.8. The van der Waals surface area contributed by atoms with Crippen LogP contribution in [0, 0.1) is 16.7 Å². The Morgan fingerprint density at radius 3 is 2.40 bits per heavy atom. The third kappa shape index (κ3) is 3.84. The minimum atomic E-state index is 0.0901. The van der Waals surface area contributed by atoms with Crippen LogP contribution >= 0.6 is 0 Å². The van der Waals surface area contributed by atoms with E-state index in [1.165, 1.54) is 19.3 Å². The predicted molar refractivity (Wildman–Crippen MR) is 63.6 cm³/mol. The van der Waals surface area contributed by atoms with Crippen molar-refractivity contribution < 1.29 is 4.79 Å². The highest BCUT2D eigenvalue weighted by atomic mass is 16.1. The second-order valence-electron chi connectivity index (χ2n) is 6.57. The Kier molecular flexibility index (Phi) is 3.47. The molecule has 1 rings (SSSR count). The lowest BCUT2D eigenvalue weighted by Gasteiger charge is -2.46. The number of hydrogen-bond donors (Lipinski definition) is 1. The van der Waals surface area contributed by atoms with Gasteiger partial charge in [-0.15, -0.1) is 0 Å². The maximum absolute atomic E-state index is 11.0. The van der Waals surface area contributed by atoms with Crippen molar-refractivity contribution >= 4 is 5.91 Å². The van der Waals surface area contributed by atoms with E-state index in [1.807, 2.05) is 0 Å². The third-order valence-electron chi connectivity index (χ3n) is 3.41. The first kappa shape index (κ1) is 12.5. The summed E-state index contributed by atoms with van der Waals surface area (Å²) in [5.41, 5.74) is 0.706. The van der Waals surface area contributed by atoms with Crippen LogP contribution < -0.4 is 5.32 Å². The zero-order chi connectivity index (χ0) is 11.7. The van der Waals surface area contributed by atoms with E-state index in [-0.39, 0.29) is 11.3 Å². The van der Waals surface area contributed by atoms with Crippen LogP contribution in [0.25, 0.3) is 0 Å². The van der Waals surface area contributed by atoms with E-state index in [2.05, 4.69) is 33.0 Å². The molecule has 1 amide bonds. The van der Waals surface area contributed by atoms with Gasteiger partial charge in [-0.1, -0.05) is 27.7 Å². The molecular weight excluding hydrogens is 186 g/mol. The van der Waals surface area contributed by atoms with Crippen molar-refractivity contribution in [2.75, 3.05) is 6.54 Å². The lowest BCUT2D eigenvalue weighted by Crippen LogP contribution is -2.42. The third-order valence-corrected chi connectivity index (χ3v) is 3.41. The number of hydrogen-bond acceptors (Lipinski definition) is 1. The first-order valence-corrected chi connectivity index (χ1v) is 5.97. The van der Waals surface area contributed by atoms with Crippen molar-refractivity contribution in [1.82, 2.24) is 5.32 Å². The number of carbonyl (C=O) groups is 1. The molecule has 1 aliphatic rings. The molecule has 2 heteroatoms. The summed E-state index contributed by atoms with van der Waals surface area (Å²) in [6.45, 7) is 11.7. The van der Waals surface area contributed by atoms with Crippen molar-refractivity contribution in [3.63, 3.8) is 0 Å². The molecule has 0 heterocycles. The molecular formula is C13H25NO. The Balaban J connectivity index is 2.62. The van der Waals surface area contributed by atoms with Crippen molar-refractivity contribution in [1.29, 1.82) is 0 Å². The van der Waals surface area contributed by atoms with Gasteiger partial charge in [0.15, 0.2) is 0 Å². The fraction of sp³-hybridized carbons (Fsp3) is 0.923. The second kappa shape index (κ2) is 4.15. The molecule has 1 N–H and O–H groups in total. The predicted octanol–water partition coefficient (Wildman–Crippen LogP) is 2.98. The summed E-state index contributed by atoms with van der Waals surface area (Å²) in [4.78, 5) is 11.0. The van der Waals surface area contributed by atoms with Gasteiger partial charge in [0.25, 0.3) is 0 Å². The Morgan fingerprint density at radius 2 is 1.93 bits per heavy atom. The van der Waals surface area contributed by atoms with Crippen LogP contribution in [0.2, 0.25) is 0 Å². The molecule has 2 nitrogen and oxygen atoms in total. The molecule has 0 unspecified atom stereocenters. The van der Waals surface area contributed by atoms with Gasteiger partial charge in [0.2, 0.25) is 5.91 Å². The Labute approximate surface area is 93.8 Å². The van der Waals surface area contributed by atoms with Crippen LogP contribution in [-0.2, 0) is 4.79 Å². The summed E-state index contributed by atoms with van der Waals surface area (Å²) in [5, 5.41) is 2.98. The molecule has 0 aromatic carbocycles. The summed E-state index contributed by atoms with van der Waals surface area (Å²) < 4.78 is 0. The Hall–Kier alpha value is -0.530. The average molecular weight is 211 g/mol. The van der Waals surface area contributed by atoms with Crippen molar-refractivity contribution in [3.8, 4) is 0 Å². The average Bonchev–Trinajstić information content (AvgIpc) is 1.96. The molecule has 0 saturated heterocycles. The number of carbonyl (C=O) groups excluding carboxylic acids is 1. The van der Waals surface area contributed by atoms with Gasteiger partial charge < -0.3 is 5.32 Å². The standard InChI is InChI=1S/C13H25NO/c1-10-6-12(3,4)8-13(5,7-10)9-14-11(2)15/h10H,6-9H2,1-5H3,(H,14,15)/t10-,13-/m0/s1. The normalized spacial score (nSPS) is 34.9. The maximum Gasteiger partial charge on any atom is 0.216 e. The summed E-state index contributed by atoms with van der Waals surface area (Å²) in [7, 11) is 0. The van der Waals surface area contributed by atoms with Crippen LogP contribution in [0.1, 0.15) is 53.9 Å². The zero-order valence-electron chi connectivity index (χ0n) is 10.8. The molecule has 88 valence electrons. The SMILES string of the molecule is CC(=O)NC[C@@]1(C)C[C@@H](C)CC(C)(C)C1. The highest BCUT2D eigenvalue weighted by Gasteiger charge is 2.39. The number of amides is 1. The summed E-state index contributed by atoms with van der Waals surface area (Å²) >= 11 is 0. The van der Waals surface area contributed by atoms with E-state index in [4.69, 9.17) is 0 Å². The van der Waals surface area contributed by atoms with Crippen molar-refractivity contribution in [2.24, 2.45) is 16.7 Å².